The third-order valence-corrected chi connectivity index (χ3v) is 5.69. The molecule has 3 heteroatoms. The molecule has 0 radical (unpaired) electrons. The number of hydrogen-bond donors (Lipinski definition) is 0. The van der Waals surface area contributed by atoms with Gasteiger partial charge in [-0.3, -0.25) is 0 Å². The molecule has 19 heavy (non-hydrogen) atoms. The van der Waals surface area contributed by atoms with Gasteiger partial charge in [0.15, 0.2) is 0 Å². The van der Waals surface area contributed by atoms with Crippen LogP contribution >= 0.6 is 38.9 Å². The van der Waals surface area contributed by atoms with Crippen LogP contribution in [0, 0.1) is 0 Å². The van der Waals surface area contributed by atoms with Crippen LogP contribution in [0.4, 0.5) is 0 Å². The van der Waals surface area contributed by atoms with Crippen LogP contribution in [0.3, 0.4) is 0 Å². The summed E-state index contributed by atoms with van der Waals surface area (Å²) < 4.78 is 3.68. The van der Waals surface area contributed by atoms with Gasteiger partial charge < -0.3 is 0 Å². The number of benzene rings is 3. The molecule has 0 aliphatic carbocycles. The molecule has 0 fully saturated rings. The highest BCUT2D eigenvalue weighted by Crippen LogP contribution is 2.43. The Bertz CT molecular complexity index is 940. The van der Waals surface area contributed by atoms with Gasteiger partial charge in [-0.1, -0.05) is 41.9 Å². The second-order valence-corrected chi connectivity index (χ2v) is 6.87. The van der Waals surface area contributed by atoms with Crippen LogP contribution in [0.25, 0.3) is 30.9 Å². The number of rotatable bonds is 0. The van der Waals surface area contributed by atoms with E-state index < -0.39 is 0 Å². The lowest BCUT2D eigenvalue weighted by Gasteiger charge is -2.02. The van der Waals surface area contributed by atoms with E-state index in [4.69, 9.17) is 11.6 Å². The Morgan fingerprint density at radius 3 is 2.68 bits per heavy atom. The molecule has 0 amide bonds. The van der Waals surface area contributed by atoms with Gasteiger partial charge in [-0.25, -0.2) is 0 Å². The van der Waals surface area contributed by atoms with Crippen LogP contribution in [0.2, 0.25) is 5.02 Å². The Hall–Kier alpha value is -1.09. The molecule has 0 aliphatic rings. The number of halogens is 2. The van der Waals surface area contributed by atoms with Gasteiger partial charge in [0, 0.05) is 25.0 Å². The standard InChI is InChI=1S/C16H8BrClS/c17-13-7-9-3-1-2-4-11(9)15-12-6-5-10(18)8-14(12)19-16(13)15/h1-8H. The van der Waals surface area contributed by atoms with Gasteiger partial charge in [0.25, 0.3) is 0 Å². The summed E-state index contributed by atoms with van der Waals surface area (Å²) in [4.78, 5) is 0. The molecule has 0 spiro atoms. The SMILES string of the molecule is Clc1ccc2c(c1)sc1c(Br)cc3ccccc3c12. The zero-order valence-electron chi connectivity index (χ0n) is 9.78. The van der Waals surface area contributed by atoms with E-state index in [0.29, 0.717) is 0 Å². The average molecular weight is 348 g/mol. The Morgan fingerprint density at radius 1 is 0.947 bits per heavy atom. The lowest BCUT2D eigenvalue weighted by molar-refractivity contribution is 1.79. The fraction of sp³-hybridized carbons (Fsp3) is 0. The van der Waals surface area contributed by atoms with E-state index >= 15 is 0 Å². The molecule has 0 saturated heterocycles. The van der Waals surface area contributed by atoms with Crippen LogP contribution in [-0.4, -0.2) is 0 Å². The van der Waals surface area contributed by atoms with Gasteiger partial charge in [0.2, 0.25) is 0 Å². The average Bonchev–Trinajstić information content (AvgIpc) is 2.78. The fourth-order valence-electron chi connectivity index (χ4n) is 2.56. The van der Waals surface area contributed by atoms with Crippen LogP contribution < -0.4 is 0 Å². The number of fused-ring (bicyclic) bond motifs is 5. The van der Waals surface area contributed by atoms with Gasteiger partial charge in [0.1, 0.15) is 0 Å². The molecule has 0 unspecified atom stereocenters. The molecule has 92 valence electrons. The van der Waals surface area contributed by atoms with Gasteiger partial charge in [0.05, 0.1) is 4.70 Å². The predicted octanol–water partition coefficient (Wildman–Crippen LogP) is 6.62. The van der Waals surface area contributed by atoms with Crippen molar-refractivity contribution in [2.24, 2.45) is 0 Å². The predicted molar refractivity (Wildman–Crippen MR) is 89.5 cm³/mol. The summed E-state index contributed by atoms with van der Waals surface area (Å²) in [5, 5.41) is 5.95. The van der Waals surface area contributed by atoms with Crippen molar-refractivity contribution >= 4 is 69.8 Å². The first-order valence-electron chi connectivity index (χ1n) is 5.93. The van der Waals surface area contributed by atoms with Gasteiger partial charge in [-0.15, -0.1) is 11.3 Å². The van der Waals surface area contributed by atoms with Crippen LogP contribution in [0.5, 0.6) is 0 Å². The van der Waals surface area contributed by atoms with Gasteiger partial charge >= 0.3 is 0 Å². The minimum Gasteiger partial charge on any atom is -0.134 e. The first-order valence-corrected chi connectivity index (χ1v) is 7.92. The summed E-state index contributed by atoms with van der Waals surface area (Å²) in [5.41, 5.74) is 0. The summed E-state index contributed by atoms with van der Waals surface area (Å²) in [6, 6.07) is 16.8. The van der Waals surface area contributed by atoms with Crippen molar-refractivity contribution in [2.45, 2.75) is 0 Å². The Morgan fingerprint density at radius 2 is 1.79 bits per heavy atom. The normalized spacial score (nSPS) is 11.7. The zero-order valence-corrected chi connectivity index (χ0v) is 12.9. The maximum atomic E-state index is 6.10. The second kappa shape index (κ2) is 4.20. The third kappa shape index (κ3) is 1.71. The van der Waals surface area contributed by atoms with E-state index in [2.05, 4.69) is 52.3 Å². The minimum atomic E-state index is 0.791. The highest BCUT2D eigenvalue weighted by Gasteiger charge is 2.11. The molecule has 4 rings (SSSR count). The van der Waals surface area contributed by atoms with Crippen LogP contribution in [0.1, 0.15) is 0 Å². The van der Waals surface area contributed by atoms with E-state index in [0.717, 1.165) is 9.50 Å². The van der Waals surface area contributed by atoms with Crippen molar-refractivity contribution in [1.29, 1.82) is 0 Å². The topological polar surface area (TPSA) is 0 Å². The van der Waals surface area contributed by atoms with Crippen molar-refractivity contribution in [3.05, 3.63) is 58.0 Å². The first kappa shape index (κ1) is 11.7. The molecule has 0 atom stereocenters. The highest BCUT2D eigenvalue weighted by atomic mass is 79.9. The van der Waals surface area contributed by atoms with E-state index in [1.165, 1.54) is 30.9 Å². The maximum absolute atomic E-state index is 6.10. The first-order chi connectivity index (χ1) is 9.24. The van der Waals surface area contributed by atoms with Gasteiger partial charge in [-0.2, -0.15) is 0 Å². The van der Waals surface area contributed by atoms with E-state index in [1.807, 2.05) is 12.1 Å². The van der Waals surface area contributed by atoms with E-state index in [1.54, 1.807) is 11.3 Å². The lowest BCUT2D eigenvalue weighted by atomic mass is 10.0. The van der Waals surface area contributed by atoms with Crippen molar-refractivity contribution < 1.29 is 0 Å². The molecule has 3 aromatic carbocycles. The minimum absolute atomic E-state index is 0.791. The number of thiophene rings is 1. The second-order valence-electron chi connectivity index (χ2n) is 4.53. The molecule has 4 aromatic rings. The Kier molecular flexibility index (Phi) is 2.59. The fourth-order valence-corrected chi connectivity index (χ4v) is 4.65. The van der Waals surface area contributed by atoms with Crippen LogP contribution in [0.15, 0.2) is 53.0 Å². The summed E-state index contributed by atoms with van der Waals surface area (Å²) >= 11 is 11.6. The van der Waals surface area contributed by atoms with Crippen molar-refractivity contribution in [2.75, 3.05) is 0 Å². The van der Waals surface area contributed by atoms with Crippen LogP contribution in [-0.2, 0) is 0 Å². The molecule has 0 bridgehead atoms. The third-order valence-electron chi connectivity index (χ3n) is 3.38. The highest BCUT2D eigenvalue weighted by molar-refractivity contribution is 9.10. The molecule has 1 heterocycles. The summed E-state index contributed by atoms with van der Waals surface area (Å²) in [6.45, 7) is 0. The van der Waals surface area contributed by atoms with Crippen molar-refractivity contribution in [1.82, 2.24) is 0 Å². The Balaban J connectivity index is 2.36. The summed E-state index contributed by atoms with van der Waals surface area (Å²) in [5.74, 6) is 0. The summed E-state index contributed by atoms with van der Waals surface area (Å²) in [6.07, 6.45) is 0. The lowest BCUT2D eigenvalue weighted by Crippen LogP contribution is -1.75. The van der Waals surface area contributed by atoms with Crippen molar-refractivity contribution in [3.63, 3.8) is 0 Å². The van der Waals surface area contributed by atoms with E-state index in [-0.39, 0.29) is 0 Å². The smallest absolute Gasteiger partial charge is 0.0503 e. The summed E-state index contributed by atoms with van der Waals surface area (Å²) in [7, 11) is 0. The molecular weight excluding hydrogens is 340 g/mol. The molecule has 0 aliphatic heterocycles. The van der Waals surface area contributed by atoms with Gasteiger partial charge in [-0.05, 0) is 44.9 Å². The monoisotopic (exact) mass is 346 g/mol. The molecule has 1 aromatic heterocycles. The molecular formula is C16H8BrClS. The zero-order chi connectivity index (χ0) is 13.0. The Labute approximate surface area is 127 Å². The largest absolute Gasteiger partial charge is 0.134 e. The molecule has 0 N–H and O–H groups in total. The quantitative estimate of drug-likeness (QED) is 0.335. The molecule has 0 nitrogen and oxygen atoms in total. The molecule has 0 saturated carbocycles. The van der Waals surface area contributed by atoms with E-state index in [9.17, 15) is 0 Å². The maximum Gasteiger partial charge on any atom is 0.0503 e. The number of hydrogen-bond acceptors (Lipinski definition) is 1. The van der Waals surface area contributed by atoms with Crippen molar-refractivity contribution in [3.8, 4) is 0 Å².